The number of carbonyl (C=O) groups is 2. The van der Waals surface area contributed by atoms with E-state index < -0.39 is 6.04 Å². The summed E-state index contributed by atoms with van der Waals surface area (Å²) in [7, 11) is 1.33. The Hall–Kier alpha value is -0.810. The highest BCUT2D eigenvalue weighted by Crippen LogP contribution is 2.47. The number of nitrogens with two attached hydrogens (primary N) is 1. The normalized spacial score (nSPS) is 33.4. The van der Waals surface area contributed by atoms with Gasteiger partial charge < -0.3 is 15.8 Å². The van der Waals surface area contributed by atoms with Crippen molar-refractivity contribution in [3.63, 3.8) is 0 Å². The lowest BCUT2D eigenvalue weighted by Gasteiger charge is -2.28. The summed E-state index contributed by atoms with van der Waals surface area (Å²) in [6, 6.07) is -0.590. The highest BCUT2D eigenvalue weighted by molar-refractivity contribution is 5.86. The maximum Gasteiger partial charge on any atom is 0.328 e. The van der Waals surface area contributed by atoms with Crippen molar-refractivity contribution in [2.75, 3.05) is 7.11 Å². The average Bonchev–Trinajstić information content (AvgIpc) is 2.95. The third-order valence-corrected chi connectivity index (χ3v) is 4.49. The summed E-state index contributed by atoms with van der Waals surface area (Å²) in [5, 5.41) is 2.78. The van der Waals surface area contributed by atoms with Crippen LogP contribution >= 0.6 is 12.4 Å². The fraction of sp³-hybridized carbons (Fsp3) is 0.846. The van der Waals surface area contributed by atoms with E-state index in [4.69, 9.17) is 5.73 Å². The van der Waals surface area contributed by atoms with Crippen LogP contribution in [-0.4, -0.2) is 31.1 Å². The smallest absolute Gasteiger partial charge is 0.328 e. The number of nitrogens with one attached hydrogen (secondary N) is 1. The Morgan fingerprint density at radius 1 is 1.37 bits per heavy atom. The first kappa shape index (κ1) is 16.2. The van der Waals surface area contributed by atoms with Gasteiger partial charge in [0.2, 0.25) is 5.91 Å². The number of amides is 1. The van der Waals surface area contributed by atoms with Crippen molar-refractivity contribution >= 4 is 24.3 Å². The number of halogens is 1. The molecular weight excluding hydrogens is 268 g/mol. The number of hydrogen-bond acceptors (Lipinski definition) is 4. The van der Waals surface area contributed by atoms with Crippen LogP contribution in [-0.2, 0) is 14.3 Å². The molecule has 5 nitrogen and oxygen atoms in total. The molecule has 5 atom stereocenters. The Morgan fingerprint density at radius 3 is 2.47 bits per heavy atom. The van der Waals surface area contributed by atoms with E-state index in [0.29, 0.717) is 18.3 Å². The minimum absolute atomic E-state index is 0. The zero-order chi connectivity index (χ0) is 13.3. The second-order valence-electron chi connectivity index (χ2n) is 5.43. The monoisotopic (exact) mass is 290 g/mol. The van der Waals surface area contributed by atoms with Crippen LogP contribution in [0.3, 0.4) is 0 Å². The molecule has 3 N–H and O–H groups in total. The van der Waals surface area contributed by atoms with Crippen molar-refractivity contribution in [3.8, 4) is 0 Å². The van der Waals surface area contributed by atoms with Gasteiger partial charge in [-0.05, 0) is 37.5 Å². The van der Waals surface area contributed by atoms with E-state index >= 15 is 0 Å². The third kappa shape index (κ3) is 3.03. The van der Waals surface area contributed by atoms with Crippen LogP contribution in [0.1, 0.15) is 32.6 Å². The minimum atomic E-state index is -0.547. The molecule has 2 bridgehead atoms. The molecule has 19 heavy (non-hydrogen) atoms. The lowest BCUT2D eigenvalue weighted by molar-refractivity contribution is -0.146. The molecule has 110 valence electrons. The highest BCUT2D eigenvalue weighted by Gasteiger charge is 2.49. The van der Waals surface area contributed by atoms with Gasteiger partial charge in [-0.25, -0.2) is 4.79 Å². The summed E-state index contributed by atoms with van der Waals surface area (Å²) in [6.45, 7) is 1.85. The van der Waals surface area contributed by atoms with Gasteiger partial charge in [-0.15, -0.1) is 12.4 Å². The second kappa shape index (κ2) is 6.57. The molecule has 1 amide bonds. The van der Waals surface area contributed by atoms with E-state index in [-0.39, 0.29) is 36.2 Å². The number of rotatable bonds is 4. The van der Waals surface area contributed by atoms with E-state index in [1.165, 1.54) is 7.11 Å². The zero-order valence-electron chi connectivity index (χ0n) is 11.4. The largest absolute Gasteiger partial charge is 0.467 e. The summed E-state index contributed by atoms with van der Waals surface area (Å²) >= 11 is 0. The average molecular weight is 291 g/mol. The molecule has 6 heteroatoms. The van der Waals surface area contributed by atoms with Gasteiger partial charge in [0.05, 0.1) is 13.0 Å². The van der Waals surface area contributed by atoms with E-state index in [1.54, 1.807) is 0 Å². The molecule has 2 aliphatic rings. The van der Waals surface area contributed by atoms with Crippen LogP contribution in [0, 0.1) is 17.8 Å². The number of carbonyl (C=O) groups excluding carboxylic acids is 2. The van der Waals surface area contributed by atoms with Crippen LogP contribution in [0.5, 0.6) is 0 Å². The van der Waals surface area contributed by atoms with Crippen molar-refractivity contribution in [1.29, 1.82) is 0 Å². The lowest BCUT2D eigenvalue weighted by atomic mass is 9.84. The van der Waals surface area contributed by atoms with Gasteiger partial charge in [0, 0.05) is 6.04 Å². The van der Waals surface area contributed by atoms with Gasteiger partial charge in [0.15, 0.2) is 0 Å². The van der Waals surface area contributed by atoms with Crippen molar-refractivity contribution in [2.24, 2.45) is 23.5 Å². The first-order chi connectivity index (χ1) is 8.58. The van der Waals surface area contributed by atoms with Crippen LogP contribution in [0.4, 0.5) is 0 Å². The Bertz CT molecular complexity index is 349. The van der Waals surface area contributed by atoms with E-state index in [0.717, 1.165) is 19.3 Å². The van der Waals surface area contributed by atoms with Crippen molar-refractivity contribution in [2.45, 2.75) is 44.7 Å². The number of methoxy groups -OCH3 is 1. The Kier molecular flexibility index (Phi) is 5.62. The molecule has 0 aromatic carbocycles. The summed E-state index contributed by atoms with van der Waals surface area (Å²) < 4.78 is 4.67. The van der Waals surface area contributed by atoms with Gasteiger partial charge in [-0.3, -0.25) is 4.79 Å². The molecule has 5 unspecified atom stereocenters. The Morgan fingerprint density at radius 2 is 2.00 bits per heavy atom. The molecule has 2 fully saturated rings. The fourth-order valence-corrected chi connectivity index (χ4v) is 3.46. The SMILES string of the molecule is CCC(NC(=O)C1C2CCC(C2)C1N)C(=O)OC.Cl. The maximum atomic E-state index is 12.2. The van der Waals surface area contributed by atoms with Crippen LogP contribution < -0.4 is 11.1 Å². The fourth-order valence-electron chi connectivity index (χ4n) is 3.46. The van der Waals surface area contributed by atoms with Crippen LogP contribution in [0.15, 0.2) is 0 Å². The standard InChI is InChI=1S/C13H22N2O3.ClH/c1-3-9(13(17)18-2)15-12(16)10-7-4-5-8(6-7)11(10)14;/h7-11H,3-6,14H2,1-2H3,(H,15,16);1H. The predicted molar refractivity (Wildman–Crippen MR) is 73.8 cm³/mol. The molecule has 2 aliphatic carbocycles. The van der Waals surface area contributed by atoms with Gasteiger partial charge >= 0.3 is 5.97 Å². The van der Waals surface area contributed by atoms with Gasteiger partial charge in [-0.1, -0.05) is 6.92 Å². The minimum Gasteiger partial charge on any atom is -0.467 e. The molecule has 0 radical (unpaired) electrons. The molecule has 2 saturated carbocycles. The molecule has 2 rings (SSSR count). The second-order valence-corrected chi connectivity index (χ2v) is 5.43. The number of hydrogen-bond donors (Lipinski definition) is 2. The molecule has 0 aliphatic heterocycles. The van der Waals surface area contributed by atoms with Gasteiger partial charge in [-0.2, -0.15) is 0 Å². The van der Waals surface area contributed by atoms with Crippen LogP contribution in [0.25, 0.3) is 0 Å². The molecule has 0 aromatic rings. The van der Waals surface area contributed by atoms with Crippen LogP contribution in [0.2, 0.25) is 0 Å². The van der Waals surface area contributed by atoms with Gasteiger partial charge in [0.25, 0.3) is 0 Å². The highest BCUT2D eigenvalue weighted by atomic mass is 35.5. The molecule has 0 spiro atoms. The van der Waals surface area contributed by atoms with Gasteiger partial charge in [0.1, 0.15) is 6.04 Å². The summed E-state index contributed by atoms with van der Waals surface area (Å²) in [6.07, 6.45) is 3.83. The first-order valence-corrected chi connectivity index (χ1v) is 6.72. The van der Waals surface area contributed by atoms with E-state index in [2.05, 4.69) is 10.1 Å². The molecular formula is C13H23ClN2O3. The number of ether oxygens (including phenoxy) is 1. The predicted octanol–water partition coefficient (Wildman–Crippen LogP) is 0.849. The van der Waals surface area contributed by atoms with E-state index in [9.17, 15) is 9.59 Å². The Balaban J connectivity index is 0.00000180. The van der Waals surface area contributed by atoms with Crippen molar-refractivity contribution in [1.82, 2.24) is 5.32 Å². The Labute approximate surface area is 120 Å². The summed E-state index contributed by atoms with van der Waals surface area (Å²) in [5.41, 5.74) is 6.11. The first-order valence-electron chi connectivity index (χ1n) is 6.72. The number of esters is 1. The quantitative estimate of drug-likeness (QED) is 0.752. The molecule has 0 aromatic heterocycles. The number of fused-ring (bicyclic) bond motifs is 2. The maximum absolute atomic E-state index is 12.2. The summed E-state index contributed by atoms with van der Waals surface area (Å²) in [4.78, 5) is 23.7. The van der Waals surface area contributed by atoms with Crippen molar-refractivity contribution < 1.29 is 14.3 Å². The third-order valence-electron chi connectivity index (χ3n) is 4.49. The topological polar surface area (TPSA) is 81.4 Å². The lowest BCUT2D eigenvalue weighted by Crippen LogP contribution is -2.50. The molecule has 0 heterocycles. The van der Waals surface area contributed by atoms with Crippen molar-refractivity contribution in [3.05, 3.63) is 0 Å². The zero-order valence-corrected chi connectivity index (χ0v) is 12.2. The van der Waals surface area contributed by atoms with E-state index in [1.807, 2.05) is 6.92 Å². The molecule has 0 saturated heterocycles. The summed E-state index contributed by atoms with van der Waals surface area (Å²) in [5.74, 6) is 0.307.